The number of aryl methyl sites for hydroxylation is 1. The fourth-order valence-electron chi connectivity index (χ4n) is 1.49. The molecule has 1 rings (SSSR count). The number of esters is 1. The molecule has 0 aromatic heterocycles. The standard InChI is InChI=1S/C14H20O2/c1-3-5-11-16-14(15)13-9-7-12(6-4-2)8-10-13/h7-10H,3-6,11H2,1-2H3. The van der Waals surface area contributed by atoms with Crippen molar-refractivity contribution in [2.75, 3.05) is 6.61 Å². The Morgan fingerprint density at radius 2 is 1.81 bits per heavy atom. The van der Waals surface area contributed by atoms with E-state index in [-0.39, 0.29) is 5.97 Å². The van der Waals surface area contributed by atoms with Crippen LogP contribution in [0.5, 0.6) is 0 Å². The highest BCUT2D eigenvalue weighted by molar-refractivity contribution is 5.89. The molecule has 0 saturated heterocycles. The van der Waals surface area contributed by atoms with Gasteiger partial charge in [0.25, 0.3) is 0 Å². The van der Waals surface area contributed by atoms with E-state index in [1.54, 1.807) is 0 Å². The first-order valence-electron chi connectivity index (χ1n) is 6.04. The molecule has 0 unspecified atom stereocenters. The van der Waals surface area contributed by atoms with E-state index in [0.29, 0.717) is 12.2 Å². The molecule has 0 bridgehead atoms. The number of unbranched alkanes of at least 4 members (excludes halogenated alkanes) is 1. The Hall–Kier alpha value is -1.31. The predicted octanol–water partition coefficient (Wildman–Crippen LogP) is 3.60. The van der Waals surface area contributed by atoms with Crippen molar-refractivity contribution in [2.24, 2.45) is 0 Å². The molecule has 0 amide bonds. The van der Waals surface area contributed by atoms with Crippen molar-refractivity contribution in [3.05, 3.63) is 35.4 Å². The van der Waals surface area contributed by atoms with Crippen LogP contribution in [0.3, 0.4) is 0 Å². The first-order valence-corrected chi connectivity index (χ1v) is 6.04. The number of ether oxygens (including phenoxy) is 1. The van der Waals surface area contributed by atoms with E-state index in [0.717, 1.165) is 25.7 Å². The Morgan fingerprint density at radius 1 is 1.12 bits per heavy atom. The summed E-state index contributed by atoms with van der Waals surface area (Å²) in [5, 5.41) is 0. The van der Waals surface area contributed by atoms with Gasteiger partial charge in [-0.25, -0.2) is 4.79 Å². The summed E-state index contributed by atoms with van der Waals surface area (Å²) in [6.07, 6.45) is 4.16. The maximum atomic E-state index is 11.6. The number of benzene rings is 1. The molecule has 1 aromatic carbocycles. The van der Waals surface area contributed by atoms with Gasteiger partial charge in [-0.1, -0.05) is 38.8 Å². The number of carbonyl (C=O) groups is 1. The maximum absolute atomic E-state index is 11.6. The SMILES string of the molecule is CCCCOC(=O)c1ccc(CCC)cc1. The van der Waals surface area contributed by atoms with Gasteiger partial charge < -0.3 is 4.74 Å². The normalized spacial score (nSPS) is 10.1. The molecule has 0 radical (unpaired) electrons. The lowest BCUT2D eigenvalue weighted by Gasteiger charge is -2.04. The van der Waals surface area contributed by atoms with E-state index in [4.69, 9.17) is 4.74 Å². The average molecular weight is 220 g/mol. The van der Waals surface area contributed by atoms with E-state index < -0.39 is 0 Å². The van der Waals surface area contributed by atoms with Crippen LogP contribution in [-0.2, 0) is 11.2 Å². The zero-order valence-corrected chi connectivity index (χ0v) is 10.2. The Kier molecular flexibility index (Phi) is 5.62. The fourth-order valence-corrected chi connectivity index (χ4v) is 1.49. The molecule has 0 saturated carbocycles. The summed E-state index contributed by atoms with van der Waals surface area (Å²) < 4.78 is 5.13. The largest absolute Gasteiger partial charge is 0.462 e. The molecule has 88 valence electrons. The molecule has 16 heavy (non-hydrogen) atoms. The van der Waals surface area contributed by atoms with Crippen molar-refractivity contribution in [2.45, 2.75) is 39.5 Å². The highest BCUT2D eigenvalue weighted by atomic mass is 16.5. The number of carbonyl (C=O) groups excluding carboxylic acids is 1. The lowest BCUT2D eigenvalue weighted by atomic mass is 10.1. The van der Waals surface area contributed by atoms with Crippen molar-refractivity contribution in [3.8, 4) is 0 Å². The van der Waals surface area contributed by atoms with Gasteiger partial charge in [-0.3, -0.25) is 0 Å². The highest BCUT2D eigenvalue weighted by Crippen LogP contribution is 2.08. The minimum absolute atomic E-state index is 0.212. The Bertz CT molecular complexity index is 314. The Labute approximate surface area is 97.6 Å². The third-order valence-corrected chi connectivity index (χ3v) is 2.46. The molecule has 0 aliphatic rings. The van der Waals surface area contributed by atoms with Crippen LogP contribution in [0.4, 0.5) is 0 Å². The molecule has 0 atom stereocenters. The van der Waals surface area contributed by atoms with Crippen molar-refractivity contribution >= 4 is 5.97 Å². The highest BCUT2D eigenvalue weighted by Gasteiger charge is 2.05. The topological polar surface area (TPSA) is 26.3 Å². The van der Waals surface area contributed by atoms with Crippen molar-refractivity contribution in [1.29, 1.82) is 0 Å². The van der Waals surface area contributed by atoms with Crippen LogP contribution in [0.25, 0.3) is 0 Å². The van der Waals surface area contributed by atoms with Gasteiger partial charge in [0.15, 0.2) is 0 Å². The average Bonchev–Trinajstić information content (AvgIpc) is 2.30. The van der Waals surface area contributed by atoms with Gasteiger partial charge >= 0.3 is 5.97 Å². The van der Waals surface area contributed by atoms with Crippen LogP contribution >= 0.6 is 0 Å². The molecule has 0 aliphatic carbocycles. The molecule has 0 heterocycles. The van der Waals surface area contributed by atoms with Gasteiger partial charge in [0.05, 0.1) is 12.2 Å². The minimum Gasteiger partial charge on any atom is -0.462 e. The molecular weight excluding hydrogens is 200 g/mol. The minimum atomic E-state index is -0.212. The summed E-state index contributed by atoms with van der Waals surface area (Å²) in [5.41, 5.74) is 1.92. The van der Waals surface area contributed by atoms with E-state index in [9.17, 15) is 4.79 Å². The summed E-state index contributed by atoms with van der Waals surface area (Å²) in [6.45, 7) is 4.74. The second-order valence-electron chi connectivity index (χ2n) is 3.94. The maximum Gasteiger partial charge on any atom is 0.338 e. The summed E-state index contributed by atoms with van der Waals surface area (Å²) in [4.78, 5) is 11.6. The summed E-state index contributed by atoms with van der Waals surface area (Å²) in [5.74, 6) is -0.212. The summed E-state index contributed by atoms with van der Waals surface area (Å²) in [7, 11) is 0. The van der Waals surface area contributed by atoms with E-state index in [1.165, 1.54) is 5.56 Å². The quantitative estimate of drug-likeness (QED) is 0.541. The van der Waals surface area contributed by atoms with Crippen molar-refractivity contribution in [3.63, 3.8) is 0 Å². The number of rotatable bonds is 6. The zero-order valence-electron chi connectivity index (χ0n) is 10.2. The third-order valence-electron chi connectivity index (χ3n) is 2.46. The lowest BCUT2D eigenvalue weighted by molar-refractivity contribution is 0.0500. The van der Waals surface area contributed by atoms with E-state index in [2.05, 4.69) is 13.8 Å². The monoisotopic (exact) mass is 220 g/mol. The van der Waals surface area contributed by atoms with Gasteiger partial charge in [0.2, 0.25) is 0 Å². The number of hydrogen-bond acceptors (Lipinski definition) is 2. The molecule has 2 nitrogen and oxygen atoms in total. The number of hydrogen-bond donors (Lipinski definition) is 0. The Morgan fingerprint density at radius 3 is 2.38 bits per heavy atom. The van der Waals surface area contributed by atoms with Crippen LogP contribution in [-0.4, -0.2) is 12.6 Å². The van der Waals surface area contributed by atoms with Crippen molar-refractivity contribution in [1.82, 2.24) is 0 Å². The van der Waals surface area contributed by atoms with Crippen molar-refractivity contribution < 1.29 is 9.53 Å². The molecule has 0 spiro atoms. The second-order valence-corrected chi connectivity index (χ2v) is 3.94. The fraction of sp³-hybridized carbons (Fsp3) is 0.500. The smallest absolute Gasteiger partial charge is 0.338 e. The molecule has 2 heteroatoms. The molecule has 0 fully saturated rings. The van der Waals surface area contributed by atoms with Crippen LogP contribution in [0, 0.1) is 0 Å². The lowest BCUT2D eigenvalue weighted by Crippen LogP contribution is -2.06. The molecular formula is C14H20O2. The zero-order chi connectivity index (χ0) is 11.8. The van der Waals surface area contributed by atoms with Crippen LogP contribution in [0.15, 0.2) is 24.3 Å². The predicted molar refractivity (Wildman–Crippen MR) is 65.6 cm³/mol. The van der Waals surface area contributed by atoms with Gasteiger partial charge in [-0.15, -0.1) is 0 Å². The van der Waals surface area contributed by atoms with E-state index >= 15 is 0 Å². The molecule has 0 aliphatic heterocycles. The van der Waals surface area contributed by atoms with Gasteiger partial charge in [0, 0.05) is 0 Å². The van der Waals surface area contributed by atoms with Gasteiger partial charge in [0.1, 0.15) is 0 Å². The molecule has 0 N–H and O–H groups in total. The van der Waals surface area contributed by atoms with Crippen LogP contribution in [0.2, 0.25) is 0 Å². The van der Waals surface area contributed by atoms with Gasteiger partial charge in [-0.2, -0.15) is 0 Å². The van der Waals surface area contributed by atoms with E-state index in [1.807, 2.05) is 24.3 Å². The Balaban J connectivity index is 2.49. The van der Waals surface area contributed by atoms with Crippen LogP contribution < -0.4 is 0 Å². The molecule has 1 aromatic rings. The van der Waals surface area contributed by atoms with Gasteiger partial charge in [-0.05, 0) is 30.5 Å². The summed E-state index contributed by atoms with van der Waals surface area (Å²) >= 11 is 0. The first kappa shape index (κ1) is 12.8. The van der Waals surface area contributed by atoms with Crippen LogP contribution in [0.1, 0.15) is 49.0 Å². The first-order chi connectivity index (χ1) is 7.77. The third kappa shape index (κ3) is 4.05. The second kappa shape index (κ2) is 7.04. The summed E-state index contributed by atoms with van der Waals surface area (Å²) in [6, 6.07) is 7.69.